The average Bonchev–Trinajstić information content (AvgIpc) is 3.76. The molecule has 1 fully saturated rings. The van der Waals surface area contributed by atoms with Crippen LogP contribution >= 0.6 is 23.2 Å². The van der Waals surface area contributed by atoms with Gasteiger partial charge in [-0.2, -0.15) is 0 Å². The summed E-state index contributed by atoms with van der Waals surface area (Å²) < 4.78 is 18.2. The second-order valence-electron chi connectivity index (χ2n) is 13.6. The van der Waals surface area contributed by atoms with Crippen molar-refractivity contribution in [3.63, 3.8) is 0 Å². The number of halogens is 2. The fourth-order valence-corrected chi connectivity index (χ4v) is 7.92. The molecular weight excluding hydrogens is 707 g/mol. The highest BCUT2D eigenvalue weighted by atomic mass is 35.5. The van der Waals surface area contributed by atoms with Crippen LogP contribution < -0.4 is 19.3 Å². The van der Waals surface area contributed by atoms with E-state index in [4.69, 9.17) is 25.8 Å². The number of alkyl halides is 2. The highest BCUT2D eigenvalue weighted by Gasteiger charge is 2.38. The van der Waals surface area contributed by atoms with Crippen LogP contribution in [0.15, 0.2) is 60.7 Å². The van der Waals surface area contributed by atoms with Crippen molar-refractivity contribution in [2.24, 2.45) is 0 Å². The van der Waals surface area contributed by atoms with Crippen LogP contribution in [0.5, 0.6) is 11.5 Å². The van der Waals surface area contributed by atoms with Crippen LogP contribution in [0.25, 0.3) is 21.5 Å². The van der Waals surface area contributed by atoms with Gasteiger partial charge in [0, 0.05) is 73.4 Å². The fraction of sp³-hybridized carbons (Fsp3) is 0.450. The molecule has 0 radical (unpaired) electrons. The fourth-order valence-electron chi connectivity index (χ4n) is 7.66. The SMILES string of the molecule is CC(C)Oc1cc2c(c3ccccc13)C(CCl)CN2C(=O)CCCC(=O)N1CCc2c1cc(OC1CC(O)C(O)C(CO)O1)c1ccccc21.CCl. The molecule has 0 spiro atoms. The van der Waals surface area contributed by atoms with E-state index >= 15 is 0 Å². The second kappa shape index (κ2) is 16.6. The minimum atomic E-state index is -1.21. The van der Waals surface area contributed by atoms with E-state index in [2.05, 4.69) is 17.7 Å². The first-order valence-corrected chi connectivity index (χ1v) is 19.1. The molecule has 5 unspecified atom stereocenters. The molecule has 7 rings (SSSR count). The van der Waals surface area contributed by atoms with E-state index in [0.717, 1.165) is 49.8 Å². The Morgan fingerprint density at radius 2 is 1.52 bits per heavy atom. The number of aliphatic hydroxyl groups excluding tert-OH is 3. The van der Waals surface area contributed by atoms with Gasteiger partial charge >= 0.3 is 0 Å². The third-order valence-corrected chi connectivity index (χ3v) is 10.4. The number of fused-ring (bicyclic) bond motifs is 6. The van der Waals surface area contributed by atoms with Gasteiger partial charge in [-0.25, -0.2) is 0 Å². The van der Waals surface area contributed by atoms with Crippen molar-refractivity contribution in [3.8, 4) is 11.5 Å². The van der Waals surface area contributed by atoms with Crippen LogP contribution in [0.4, 0.5) is 11.4 Å². The van der Waals surface area contributed by atoms with Gasteiger partial charge in [0.05, 0.1) is 30.2 Å². The number of carbonyl (C=O) groups is 2. The topological polar surface area (TPSA) is 129 Å². The Morgan fingerprint density at radius 1 is 0.904 bits per heavy atom. The number of aliphatic hydroxyl groups is 3. The molecule has 0 aliphatic carbocycles. The minimum Gasteiger partial charge on any atom is -0.490 e. The summed E-state index contributed by atoms with van der Waals surface area (Å²) in [5.74, 6) is 1.46. The van der Waals surface area contributed by atoms with Crippen LogP contribution in [-0.4, -0.2) is 89.8 Å². The van der Waals surface area contributed by atoms with Gasteiger partial charge in [0.15, 0.2) is 0 Å². The van der Waals surface area contributed by atoms with Crippen LogP contribution in [0.1, 0.15) is 56.6 Å². The predicted molar refractivity (Wildman–Crippen MR) is 204 cm³/mol. The van der Waals surface area contributed by atoms with Crippen molar-refractivity contribution in [2.75, 3.05) is 41.8 Å². The van der Waals surface area contributed by atoms with Crippen LogP contribution in [-0.2, 0) is 20.7 Å². The number of nitrogens with zero attached hydrogens (tertiary/aromatic N) is 2. The smallest absolute Gasteiger partial charge is 0.227 e. The molecule has 3 aliphatic rings. The van der Waals surface area contributed by atoms with Gasteiger partial charge in [-0.3, -0.25) is 9.59 Å². The summed E-state index contributed by atoms with van der Waals surface area (Å²) in [5, 5.41) is 34.0. The normalized spacial score (nSPS) is 22.3. The van der Waals surface area contributed by atoms with E-state index in [9.17, 15) is 24.9 Å². The molecule has 4 aromatic rings. The third-order valence-electron chi connectivity index (χ3n) is 10.0. The maximum Gasteiger partial charge on any atom is 0.227 e. The molecule has 3 aliphatic heterocycles. The zero-order valence-electron chi connectivity index (χ0n) is 29.6. The lowest BCUT2D eigenvalue weighted by molar-refractivity contribution is -0.229. The van der Waals surface area contributed by atoms with E-state index in [1.54, 1.807) is 9.80 Å². The van der Waals surface area contributed by atoms with Gasteiger partial charge in [0.2, 0.25) is 18.1 Å². The monoisotopic (exact) mass is 752 g/mol. The molecule has 2 amide bonds. The van der Waals surface area contributed by atoms with Gasteiger partial charge in [0.25, 0.3) is 0 Å². The van der Waals surface area contributed by atoms with Gasteiger partial charge in [0.1, 0.15) is 23.7 Å². The summed E-state index contributed by atoms with van der Waals surface area (Å²) in [6.07, 6.45) is -1.27. The van der Waals surface area contributed by atoms with Crippen LogP contribution in [0.3, 0.4) is 0 Å². The summed E-state index contributed by atoms with van der Waals surface area (Å²) in [6.45, 7) is 4.49. The number of hydrogen-bond donors (Lipinski definition) is 3. The first-order chi connectivity index (χ1) is 25.2. The number of rotatable bonds is 10. The Hall–Kier alpha value is -3.64. The first kappa shape index (κ1) is 38.1. The zero-order chi connectivity index (χ0) is 37.1. The lowest BCUT2D eigenvalue weighted by atomic mass is 9.95. The number of amides is 2. The molecule has 0 saturated carbocycles. The Kier molecular flexibility index (Phi) is 12.1. The van der Waals surface area contributed by atoms with Crippen LogP contribution in [0.2, 0.25) is 0 Å². The Balaban J connectivity index is 0.00000228. The Bertz CT molecular complexity index is 1920. The maximum absolute atomic E-state index is 13.7. The molecule has 0 aromatic heterocycles. The van der Waals surface area contributed by atoms with Crippen LogP contribution in [0, 0.1) is 0 Å². The van der Waals surface area contributed by atoms with Gasteiger partial charge < -0.3 is 39.3 Å². The van der Waals surface area contributed by atoms with Gasteiger partial charge in [-0.05, 0) is 48.6 Å². The zero-order valence-corrected chi connectivity index (χ0v) is 31.1. The maximum atomic E-state index is 13.7. The van der Waals surface area contributed by atoms with Crippen molar-refractivity contribution < 1.29 is 39.1 Å². The number of carbonyl (C=O) groups excluding carboxylic acids is 2. The van der Waals surface area contributed by atoms with E-state index in [0.29, 0.717) is 37.6 Å². The third kappa shape index (κ3) is 7.42. The van der Waals surface area contributed by atoms with E-state index in [1.165, 1.54) is 6.38 Å². The van der Waals surface area contributed by atoms with E-state index < -0.39 is 31.2 Å². The number of anilines is 2. The minimum absolute atomic E-state index is 0.00977. The molecule has 3 N–H and O–H groups in total. The van der Waals surface area contributed by atoms with Crippen molar-refractivity contribution in [1.29, 1.82) is 0 Å². The highest BCUT2D eigenvalue weighted by Crippen LogP contribution is 2.46. The molecule has 3 heterocycles. The molecule has 52 heavy (non-hydrogen) atoms. The quantitative estimate of drug-likeness (QED) is 0.162. The lowest BCUT2D eigenvalue weighted by Crippen LogP contribution is -2.51. The summed E-state index contributed by atoms with van der Waals surface area (Å²) in [4.78, 5) is 31.0. The first-order valence-electron chi connectivity index (χ1n) is 17.8. The summed E-state index contributed by atoms with van der Waals surface area (Å²) in [6, 6.07) is 19.6. The van der Waals surface area contributed by atoms with E-state index in [-0.39, 0.29) is 43.1 Å². The second-order valence-corrected chi connectivity index (χ2v) is 13.9. The number of benzene rings is 4. The van der Waals surface area contributed by atoms with Gasteiger partial charge in [-0.1, -0.05) is 48.5 Å². The molecule has 12 heteroatoms. The van der Waals surface area contributed by atoms with Crippen molar-refractivity contribution in [2.45, 2.75) is 82.6 Å². The van der Waals surface area contributed by atoms with Gasteiger partial charge in [-0.15, -0.1) is 23.2 Å². The summed E-state index contributed by atoms with van der Waals surface area (Å²) in [5.41, 5.74) is 3.67. The molecule has 278 valence electrons. The number of ether oxygens (including phenoxy) is 3. The molecule has 10 nitrogen and oxygen atoms in total. The Morgan fingerprint density at radius 3 is 2.17 bits per heavy atom. The van der Waals surface area contributed by atoms with Crippen molar-refractivity contribution in [3.05, 3.63) is 71.8 Å². The average molecular weight is 754 g/mol. The molecular formula is C40H46Cl2N2O8. The standard InChI is InChI=1S/C39H43ClN2O8.CH3Cl/c1-22(2)48-32-17-30-38(28-11-6-5-10-27(28)32)23(19-40)20-42(30)36(46)13-7-12-35(45)41-15-14-25-24-8-3-4-9-26(24)33(16-29(25)41)49-37-18-31(44)39(47)34(21-43)50-37;1-2/h3-6,8-11,16-17,22-23,31,34,37,39,43-44,47H,7,12-15,18-21H2,1-2H3;1H3. The Labute approximate surface area is 313 Å². The van der Waals surface area contributed by atoms with E-state index in [1.807, 2.05) is 68.4 Å². The largest absolute Gasteiger partial charge is 0.490 e. The highest BCUT2D eigenvalue weighted by molar-refractivity contribution is 6.19. The summed E-state index contributed by atoms with van der Waals surface area (Å²) >= 11 is 11.1. The molecule has 0 bridgehead atoms. The summed E-state index contributed by atoms with van der Waals surface area (Å²) in [7, 11) is 0. The molecule has 4 aromatic carbocycles. The molecule has 1 saturated heterocycles. The molecule has 5 atom stereocenters. The van der Waals surface area contributed by atoms with Crippen molar-refractivity contribution in [1.82, 2.24) is 0 Å². The predicted octanol–water partition coefficient (Wildman–Crippen LogP) is 6.27. The lowest BCUT2D eigenvalue weighted by Gasteiger charge is -2.36. The van der Waals surface area contributed by atoms with Crippen molar-refractivity contribution >= 4 is 67.9 Å². The number of hydrogen-bond acceptors (Lipinski definition) is 8.